The van der Waals surface area contributed by atoms with E-state index in [1.807, 2.05) is 66.7 Å². The van der Waals surface area contributed by atoms with Crippen LogP contribution >= 0.6 is 0 Å². The number of hydrogen-bond acceptors (Lipinski definition) is 36. The Bertz CT molecular complexity index is 6220. The molecule has 0 spiro atoms. The van der Waals surface area contributed by atoms with Crippen LogP contribution in [0.15, 0.2) is 142 Å². The van der Waals surface area contributed by atoms with Crippen LogP contribution in [0.4, 0.5) is 78.2 Å². The van der Waals surface area contributed by atoms with E-state index >= 15 is 0 Å². The summed E-state index contributed by atoms with van der Waals surface area (Å²) in [4.78, 5) is 152. The van der Waals surface area contributed by atoms with E-state index in [9.17, 15) is 43.5 Å². The molecule has 0 aliphatic carbocycles. The summed E-state index contributed by atoms with van der Waals surface area (Å²) >= 11 is 0. The molecule has 16 rings (SSSR count). The number of benzene rings is 8. The number of imide groups is 4. The average Bonchev–Trinajstić information content (AvgIpc) is 0.755. The number of urea groups is 8. The van der Waals surface area contributed by atoms with Crippen LogP contribution in [0.1, 0.15) is 114 Å². The largest absolute Gasteiger partial charge is 0.505 e. The smallest absolute Gasteiger partial charge is 0.324 e. The maximum atomic E-state index is 12.3. The number of nitrogen functional groups attached to an aromatic ring is 3. The molecule has 8 heterocycles. The van der Waals surface area contributed by atoms with Crippen LogP contribution in [-0.4, -0.2) is 138 Å². The van der Waals surface area contributed by atoms with Crippen molar-refractivity contribution in [3.05, 3.63) is 236 Å². The fourth-order valence-corrected chi connectivity index (χ4v) is 15.7. The Labute approximate surface area is 748 Å². The highest BCUT2D eigenvalue weighted by Gasteiger charge is 2.33. The zero-order valence-electron chi connectivity index (χ0n) is 70.4. The normalized spacial score (nSPS) is 14.4. The number of nitrogens with one attached hydrogen (secondary N) is 12. The SMILES string of the molecule is NCc1nc(CN)nc(Cc2cccc(Cc3nc(CN)nc(CN)n3)c2N=Nc2c(N)ccc3ccc(-c4c(CC5NC(=O)NC(=O)N5)cccc4CC4NC(=O)NC(=O)N4)c(N)c23)n1.NCc1nc(CN)nc(Cc2cccc(Cc3nc(CN)nc(CN)n3)c2N=Nc2ccc3ccc(-c4c(CC5NC(=O)NC(=O)N5)cccc4CC4NC(=O)NC(=O)N4)c(N)c3c2O)n1. The Kier molecular flexibility index (Phi) is 27.4. The molecule has 0 atom stereocenters. The van der Waals surface area contributed by atoms with E-state index in [0.717, 1.165) is 0 Å². The lowest BCUT2D eigenvalue weighted by atomic mass is 9.87. The number of azo groups is 2. The van der Waals surface area contributed by atoms with E-state index in [0.29, 0.717) is 164 Å². The lowest BCUT2D eigenvalue weighted by molar-refractivity contribution is 0.207. The molecule has 0 bridgehead atoms. The molecule has 35 N–H and O–H groups in total. The summed E-state index contributed by atoms with van der Waals surface area (Å²) < 4.78 is 0. The van der Waals surface area contributed by atoms with Gasteiger partial charge in [0.25, 0.3) is 0 Å². The summed E-state index contributed by atoms with van der Waals surface area (Å²) in [6.45, 7) is 0.601. The van der Waals surface area contributed by atoms with Gasteiger partial charge in [0.05, 0.1) is 75.1 Å². The van der Waals surface area contributed by atoms with Crippen LogP contribution in [0.3, 0.4) is 0 Å². The Balaban J connectivity index is 0.000000202. The van der Waals surface area contributed by atoms with Crippen molar-refractivity contribution in [3.63, 3.8) is 0 Å². The number of fused-ring (bicyclic) bond motifs is 2. The zero-order valence-corrected chi connectivity index (χ0v) is 70.4. The lowest BCUT2D eigenvalue weighted by Gasteiger charge is -2.28. The van der Waals surface area contributed by atoms with Gasteiger partial charge in [0.15, 0.2) is 5.75 Å². The molecule has 4 fully saturated rings. The quantitative estimate of drug-likeness (QED) is 0.0227. The van der Waals surface area contributed by atoms with Crippen LogP contribution in [0.25, 0.3) is 43.8 Å². The number of hydrogen-bond donors (Lipinski definition) is 24. The van der Waals surface area contributed by atoms with Gasteiger partial charge in [-0.2, -0.15) is 0 Å². The maximum absolute atomic E-state index is 12.3. The van der Waals surface area contributed by atoms with Crippen LogP contribution in [0.2, 0.25) is 0 Å². The van der Waals surface area contributed by atoms with Gasteiger partial charge in [-0.25, -0.2) is 98.2 Å². The third kappa shape index (κ3) is 21.0. The first-order valence-corrected chi connectivity index (χ1v) is 41.3. The van der Waals surface area contributed by atoms with E-state index in [4.69, 9.17) is 78.4 Å². The topological polar surface area (TPSA) is 791 Å². The molecule has 132 heavy (non-hydrogen) atoms. The molecular formula is C84H91N39O9. The third-order valence-corrected chi connectivity index (χ3v) is 21.3. The number of anilines is 3. The number of carbonyl (C=O) groups excluding carboxylic acids is 8. The highest BCUT2D eigenvalue weighted by molar-refractivity contribution is 6.11. The zero-order chi connectivity index (χ0) is 93.0. The molecule has 0 radical (unpaired) electrons. The molecule has 16 amide bonds. The molecule has 8 aromatic carbocycles. The minimum Gasteiger partial charge on any atom is -0.505 e. The average molecular weight is 1790 g/mol. The molecule has 0 unspecified atom stereocenters. The number of rotatable bonds is 30. The Morgan fingerprint density at radius 3 is 0.795 bits per heavy atom. The van der Waals surface area contributed by atoms with Crippen molar-refractivity contribution in [1.29, 1.82) is 0 Å². The second kappa shape index (κ2) is 40.1. The van der Waals surface area contributed by atoms with Gasteiger partial charge in [-0.15, -0.1) is 20.5 Å². The number of phenols is 1. The van der Waals surface area contributed by atoms with Gasteiger partial charge in [0, 0.05) is 79.0 Å². The second-order valence-corrected chi connectivity index (χ2v) is 30.3. The number of aromatic hydroxyl groups is 1. The van der Waals surface area contributed by atoms with Crippen molar-refractivity contribution < 1.29 is 43.5 Å². The molecule has 4 aliphatic rings. The molecule has 4 aromatic heterocycles. The number of phenolic OH excluding ortho intramolecular Hbond substituents is 1. The summed E-state index contributed by atoms with van der Waals surface area (Å²) in [6, 6.07) is 30.7. The van der Waals surface area contributed by atoms with Gasteiger partial charge in [0.2, 0.25) is 0 Å². The van der Waals surface area contributed by atoms with Crippen molar-refractivity contribution in [2.45, 2.75) is 128 Å². The molecule has 4 saturated heterocycles. The van der Waals surface area contributed by atoms with Crippen LogP contribution in [0.5, 0.6) is 5.75 Å². The van der Waals surface area contributed by atoms with E-state index in [1.54, 1.807) is 54.6 Å². The lowest BCUT2D eigenvalue weighted by Crippen LogP contribution is -2.62. The molecule has 48 heteroatoms. The van der Waals surface area contributed by atoms with Gasteiger partial charge in [-0.1, -0.05) is 109 Å². The van der Waals surface area contributed by atoms with E-state index < -0.39 is 72.9 Å². The summed E-state index contributed by atoms with van der Waals surface area (Å²) in [7, 11) is 0. The van der Waals surface area contributed by atoms with Gasteiger partial charge in [-0.05, 0) is 78.5 Å². The van der Waals surface area contributed by atoms with Crippen molar-refractivity contribution in [2.24, 2.45) is 66.3 Å². The summed E-state index contributed by atoms with van der Waals surface area (Å²) in [5, 5.41) is 63.3. The fraction of sp³-hybridized carbons (Fsp3) is 0.238. The number of aromatic nitrogens is 12. The van der Waals surface area contributed by atoms with Crippen LogP contribution in [0, 0.1) is 0 Å². The Morgan fingerprint density at radius 1 is 0.273 bits per heavy atom. The van der Waals surface area contributed by atoms with E-state index in [-0.39, 0.29) is 143 Å². The van der Waals surface area contributed by atoms with Crippen molar-refractivity contribution >= 4 is 110 Å². The molecular weight excluding hydrogens is 1700 g/mol. The van der Waals surface area contributed by atoms with Crippen LogP contribution in [-0.2, 0) is 104 Å². The molecule has 4 aliphatic heterocycles. The number of nitrogens with zero attached hydrogens (tertiary/aromatic N) is 16. The predicted octanol–water partition coefficient (Wildman–Crippen LogP) is 2.63. The minimum absolute atomic E-state index is 0.0732. The summed E-state index contributed by atoms with van der Waals surface area (Å²) in [5.41, 5.74) is 77.7. The first-order chi connectivity index (χ1) is 63.8. The molecule has 0 saturated carbocycles. The standard InChI is InChI=1S/C42H46N20O4.C42H45N19O5/c43-15-30-49-26(50-31(16-44)53-30)13-22-5-2-6-23(14-27-51-32(17-45)54-33(18-46)52-27)37(22)61-62-38-25(47)10-8-19-7-9-24(36(48)35(19)38)34-20(11-28-55-39(63)59-40(64)56-28)3-1-4-21(34)12-29-57-41(65)60-42(66)58-29;43-15-30-48-26(49-31(16-44)52-30)13-22-5-2-6-23(14-27-50-32(17-45)53-33(18-46)51-27)37(22)61-60-25-10-8-19-7-9-24(36(47)35(19)38(25)62)34-20(11-28-54-39(63)58-40(64)55-28)3-1-4-21(34)12-29-56-41(65)59-42(66)57-29/h1-10,28-29H,11-18,43-48H2,(H3,55,56,59,63,64)(H3,57,58,60,65,66);1-10,28-29,62H,11-18,43-47H2,(H3,54,55,58,63,64)(H3,56,57,59,65,66). The molecule has 676 valence electrons. The summed E-state index contributed by atoms with van der Waals surface area (Å²) in [5.74, 6) is 4.35. The monoisotopic (exact) mass is 1790 g/mol. The molecule has 48 nitrogen and oxygen atoms in total. The third-order valence-electron chi connectivity index (χ3n) is 21.3. The fourth-order valence-electron chi connectivity index (χ4n) is 15.7. The predicted molar refractivity (Wildman–Crippen MR) is 479 cm³/mol. The summed E-state index contributed by atoms with van der Waals surface area (Å²) in [6.07, 6.45) is -1.96. The van der Waals surface area contributed by atoms with Gasteiger partial charge >= 0.3 is 48.2 Å². The Morgan fingerprint density at radius 2 is 0.508 bits per heavy atom. The molecule has 12 aromatic rings. The van der Waals surface area contributed by atoms with Crippen molar-refractivity contribution in [2.75, 3.05) is 17.2 Å². The van der Waals surface area contributed by atoms with Gasteiger partial charge in [0.1, 0.15) is 106 Å². The first kappa shape index (κ1) is 90.2. The van der Waals surface area contributed by atoms with Crippen molar-refractivity contribution in [1.82, 2.24) is 124 Å². The van der Waals surface area contributed by atoms with Gasteiger partial charge < -0.3 is 111 Å². The second-order valence-electron chi connectivity index (χ2n) is 30.3. The number of amides is 16. The van der Waals surface area contributed by atoms with E-state index in [1.165, 1.54) is 0 Å². The number of carbonyl (C=O) groups is 8. The van der Waals surface area contributed by atoms with E-state index in [2.05, 4.69) is 129 Å². The number of nitrogens with two attached hydrogens (primary N) is 11. The highest BCUT2D eigenvalue weighted by atomic mass is 16.3. The van der Waals surface area contributed by atoms with Crippen LogP contribution < -0.4 is 127 Å². The first-order valence-electron chi connectivity index (χ1n) is 41.3. The maximum Gasteiger partial charge on any atom is 0.324 e. The highest BCUT2D eigenvalue weighted by Crippen LogP contribution is 2.47. The van der Waals surface area contributed by atoms with Crippen molar-refractivity contribution in [3.8, 4) is 28.0 Å². The van der Waals surface area contributed by atoms with Gasteiger partial charge in [-0.3, -0.25) is 21.3 Å². The minimum atomic E-state index is -0.806. The Hall–Kier alpha value is -16.6.